The summed E-state index contributed by atoms with van der Waals surface area (Å²) in [5, 5.41) is 2.80. The number of ether oxygens (including phenoxy) is 1. The van der Waals surface area contributed by atoms with Gasteiger partial charge in [0.15, 0.2) is 11.2 Å². The molecule has 1 N–H and O–H groups in total. The van der Waals surface area contributed by atoms with Crippen molar-refractivity contribution in [2.45, 2.75) is 25.5 Å². The van der Waals surface area contributed by atoms with Crippen molar-refractivity contribution in [3.63, 3.8) is 0 Å². The van der Waals surface area contributed by atoms with Crippen molar-refractivity contribution in [2.24, 2.45) is 14.1 Å². The van der Waals surface area contributed by atoms with Gasteiger partial charge in [0.2, 0.25) is 5.91 Å². The SMILES string of the molecule is Cn1c(=O)c2c(ncn2CC(=O)NC[C@@H]2CCCO2)n(C)c1=O. The van der Waals surface area contributed by atoms with E-state index in [1.807, 2.05) is 0 Å². The minimum atomic E-state index is -0.465. The topological polar surface area (TPSA) is 100 Å². The van der Waals surface area contributed by atoms with E-state index < -0.39 is 11.2 Å². The molecule has 1 aliphatic heterocycles. The Balaban J connectivity index is 1.82. The smallest absolute Gasteiger partial charge is 0.332 e. The third kappa shape index (κ3) is 2.79. The molecule has 2 aromatic rings. The number of nitrogens with one attached hydrogen (secondary N) is 1. The number of amides is 1. The highest BCUT2D eigenvalue weighted by molar-refractivity contribution is 5.78. The maximum Gasteiger partial charge on any atom is 0.332 e. The Bertz CT molecular complexity index is 856. The summed E-state index contributed by atoms with van der Waals surface area (Å²) < 4.78 is 9.20. The highest BCUT2D eigenvalue weighted by atomic mass is 16.5. The zero-order chi connectivity index (χ0) is 16.6. The summed E-state index contributed by atoms with van der Waals surface area (Å²) in [6, 6.07) is 0. The Morgan fingerprint density at radius 3 is 2.87 bits per heavy atom. The van der Waals surface area contributed by atoms with Crippen LogP contribution in [0.4, 0.5) is 0 Å². The van der Waals surface area contributed by atoms with Crippen LogP contribution in [0.3, 0.4) is 0 Å². The first-order valence-electron chi connectivity index (χ1n) is 7.48. The third-order valence-corrected chi connectivity index (χ3v) is 4.08. The lowest BCUT2D eigenvalue weighted by Crippen LogP contribution is -2.38. The molecule has 1 amide bonds. The van der Waals surface area contributed by atoms with E-state index in [9.17, 15) is 14.4 Å². The van der Waals surface area contributed by atoms with Crippen molar-refractivity contribution < 1.29 is 9.53 Å². The highest BCUT2D eigenvalue weighted by Gasteiger charge is 2.18. The number of aryl methyl sites for hydroxylation is 1. The molecule has 2 aromatic heterocycles. The summed E-state index contributed by atoms with van der Waals surface area (Å²) in [7, 11) is 2.94. The van der Waals surface area contributed by atoms with Crippen LogP contribution < -0.4 is 16.6 Å². The van der Waals surface area contributed by atoms with Crippen LogP contribution in [0, 0.1) is 0 Å². The van der Waals surface area contributed by atoms with Crippen molar-refractivity contribution in [3.8, 4) is 0 Å². The maximum atomic E-state index is 12.3. The Labute approximate surface area is 131 Å². The van der Waals surface area contributed by atoms with Crippen molar-refractivity contribution in [2.75, 3.05) is 13.2 Å². The van der Waals surface area contributed by atoms with Gasteiger partial charge in [-0.05, 0) is 12.8 Å². The van der Waals surface area contributed by atoms with Crippen LogP contribution in [-0.2, 0) is 30.2 Å². The van der Waals surface area contributed by atoms with Crippen molar-refractivity contribution in [1.82, 2.24) is 24.0 Å². The van der Waals surface area contributed by atoms with E-state index in [1.54, 1.807) is 7.05 Å². The Morgan fingerprint density at radius 2 is 2.17 bits per heavy atom. The number of carbonyl (C=O) groups is 1. The molecule has 23 heavy (non-hydrogen) atoms. The zero-order valence-electron chi connectivity index (χ0n) is 13.1. The average Bonchev–Trinajstić information content (AvgIpc) is 3.18. The molecule has 0 bridgehead atoms. The van der Waals surface area contributed by atoms with E-state index in [-0.39, 0.29) is 29.7 Å². The van der Waals surface area contributed by atoms with Crippen molar-refractivity contribution in [3.05, 3.63) is 27.2 Å². The number of carbonyl (C=O) groups excluding carboxylic acids is 1. The first-order valence-corrected chi connectivity index (χ1v) is 7.48. The van der Waals surface area contributed by atoms with E-state index in [0.29, 0.717) is 6.54 Å². The molecule has 1 saturated heterocycles. The first kappa shape index (κ1) is 15.5. The largest absolute Gasteiger partial charge is 0.376 e. The fourth-order valence-corrected chi connectivity index (χ4v) is 2.76. The summed E-state index contributed by atoms with van der Waals surface area (Å²) in [6.45, 7) is 1.16. The molecule has 0 aromatic carbocycles. The van der Waals surface area contributed by atoms with Gasteiger partial charge in [-0.2, -0.15) is 0 Å². The Kier molecular flexibility index (Phi) is 4.03. The molecular formula is C14H19N5O4. The molecule has 0 spiro atoms. The molecule has 1 aliphatic rings. The highest BCUT2D eigenvalue weighted by Crippen LogP contribution is 2.10. The summed E-state index contributed by atoms with van der Waals surface area (Å²) in [5.41, 5.74) is -0.407. The number of imidazole rings is 1. The first-order chi connectivity index (χ1) is 11.0. The van der Waals surface area contributed by atoms with Gasteiger partial charge in [-0.3, -0.25) is 18.7 Å². The van der Waals surface area contributed by atoms with Gasteiger partial charge in [-0.15, -0.1) is 0 Å². The number of aromatic nitrogens is 4. The number of fused-ring (bicyclic) bond motifs is 1. The predicted octanol–water partition coefficient (Wildman–Crippen LogP) is -1.27. The molecule has 3 rings (SSSR count). The van der Waals surface area contributed by atoms with E-state index in [2.05, 4.69) is 10.3 Å². The lowest BCUT2D eigenvalue weighted by Gasteiger charge is -2.11. The average molecular weight is 321 g/mol. The molecule has 0 radical (unpaired) electrons. The number of nitrogens with zero attached hydrogens (tertiary/aromatic N) is 4. The maximum absolute atomic E-state index is 12.3. The summed E-state index contributed by atoms with van der Waals surface area (Å²) >= 11 is 0. The van der Waals surface area contributed by atoms with Crippen LogP contribution in [-0.4, -0.2) is 43.8 Å². The number of hydrogen-bond donors (Lipinski definition) is 1. The molecule has 0 aliphatic carbocycles. The van der Waals surface area contributed by atoms with E-state index in [1.165, 1.54) is 22.5 Å². The van der Waals surface area contributed by atoms with E-state index >= 15 is 0 Å². The van der Waals surface area contributed by atoms with Crippen LogP contribution in [0.15, 0.2) is 15.9 Å². The molecule has 1 fully saturated rings. The van der Waals surface area contributed by atoms with Crippen molar-refractivity contribution >= 4 is 17.1 Å². The number of rotatable bonds is 4. The lowest BCUT2D eigenvalue weighted by atomic mass is 10.2. The monoisotopic (exact) mass is 321 g/mol. The van der Waals surface area contributed by atoms with Crippen LogP contribution in [0.1, 0.15) is 12.8 Å². The van der Waals surface area contributed by atoms with Gasteiger partial charge in [0, 0.05) is 27.2 Å². The third-order valence-electron chi connectivity index (χ3n) is 4.08. The Morgan fingerprint density at radius 1 is 1.39 bits per heavy atom. The fourth-order valence-electron chi connectivity index (χ4n) is 2.76. The molecule has 9 nitrogen and oxygen atoms in total. The predicted molar refractivity (Wildman–Crippen MR) is 82.2 cm³/mol. The molecule has 1 atom stereocenters. The number of hydrogen-bond acceptors (Lipinski definition) is 5. The van der Waals surface area contributed by atoms with Gasteiger partial charge in [0.1, 0.15) is 6.54 Å². The van der Waals surface area contributed by atoms with Gasteiger partial charge in [0.05, 0.1) is 12.4 Å². The minimum Gasteiger partial charge on any atom is -0.376 e. The molecule has 0 unspecified atom stereocenters. The van der Waals surface area contributed by atoms with E-state index in [0.717, 1.165) is 24.0 Å². The standard InChI is InChI=1S/C14H19N5O4/c1-17-12-11(13(21)18(2)14(17)22)19(8-16-12)7-10(20)15-6-9-4-3-5-23-9/h8-9H,3-7H2,1-2H3,(H,15,20)/t9-/m0/s1. The molecule has 9 heteroatoms. The molecular weight excluding hydrogens is 302 g/mol. The summed E-state index contributed by atoms with van der Waals surface area (Å²) in [4.78, 5) is 40.3. The van der Waals surface area contributed by atoms with Crippen LogP contribution in [0.5, 0.6) is 0 Å². The van der Waals surface area contributed by atoms with Gasteiger partial charge < -0.3 is 14.6 Å². The Hall–Kier alpha value is -2.42. The van der Waals surface area contributed by atoms with Gasteiger partial charge in [-0.25, -0.2) is 9.78 Å². The zero-order valence-corrected chi connectivity index (χ0v) is 13.1. The van der Waals surface area contributed by atoms with Crippen LogP contribution in [0.2, 0.25) is 0 Å². The van der Waals surface area contributed by atoms with Gasteiger partial charge in [-0.1, -0.05) is 0 Å². The second kappa shape index (κ2) is 5.99. The quantitative estimate of drug-likeness (QED) is 0.757. The second-order valence-electron chi connectivity index (χ2n) is 5.69. The molecule has 3 heterocycles. The van der Waals surface area contributed by atoms with Crippen LogP contribution >= 0.6 is 0 Å². The van der Waals surface area contributed by atoms with Gasteiger partial charge in [0.25, 0.3) is 5.56 Å². The summed E-state index contributed by atoms with van der Waals surface area (Å²) in [6.07, 6.45) is 3.41. The molecule has 124 valence electrons. The van der Waals surface area contributed by atoms with Crippen molar-refractivity contribution in [1.29, 1.82) is 0 Å². The van der Waals surface area contributed by atoms with Crippen LogP contribution in [0.25, 0.3) is 11.2 Å². The lowest BCUT2D eigenvalue weighted by molar-refractivity contribution is -0.122. The normalized spacial score (nSPS) is 17.7. The summed E-state index contributed by atoms with van der Waals surface area (Å²) in [5.74, 6) is -0.226. The second-order valence-corrected chi connectivity index (χ2v) is 5.69. The minimum absolute atomic E-state index is 0.0311. The van der Waals surface area contributed by atoms with E-state index in [4.69, 9.17) is 4.74 Å². The fraction of sp³-hybridized carbons (Fsp3) is 0.571. The molecule has 0 saturated carbocycles. The van der Waals surface area contributed by atoms with Gasteiger partial charge >= 0.3 is 5.69 Å².